The van der Waals surface area contributed by atoms with E-state index in [9.17, 15) is 30.7 Å². The van der Waals surface area contributed by atoms with Gasteiger partial charge in [-0.1, -0.05) is 44.4 Å². The van der Waals surface area contributed by atoms with Crippen LogP contribution in [0.3, 0.4) is 0 Å². The van der Waals surface area contributed by atoms with Crippen LogP contribution in [0, 0.1) is 12.3 Å². The molecule has 276 valence electrons. The van der Waals surface area contributed by atoms with E-state index in [4.69, 9.17) is 6.42 Å². The fourth-order valence-electron chi connectivity index (χ4n) is 7.52. The average Bonchev–Trinajstić information content (AvgIpc) is 3.41. The van der Waals surface area contributed by atoms with Crippen LogP contribution >= 0.6 is 0 Å². The van der Waals surface area contributed by atoms with Crippen LogP contribution in [0.15, 0.2) is 93.4 Å². The molecule has 10 nitrogen and oxygen atoms in total. The predicted molar refractivity (Wildman–Crippen MR) is 204 cm³/mol. The van der Waals surface area contributed by atoms with Crippen molar-refractivity contribution in [1.82, 2.24) is 5.32 Å². The van der Waals surface area contributed by atoms with Crippen LogP contribution in [-0.4, -0.2) is 62.3 Å². The Morgan fingerprint density at radius 2 is 1.60 bits per heavy atom. The number of carbonyl (C=O) groups is 1. The van der Waals surface area contributed by atoms with E-state index in [0.29, 0.717) is 13.0 Å². The molecule has 0 fully saturated rings. The molecule has 2 heterocycles. The molecule has 0 spiro atoms. The lowest BCUT2D eigenvalue weighted by Crippen LogP contribution is -2.27. The number of fused-ring (bicyclic) bond motifs is 2. The molecular weight excluding hydrogens is 699 g/mol. The van der Waals surface area contributed by atoms with Gasteiger partial charge in [0.2, 0.25) is 11.6 Å². The lowest BCUT2D eigenvalue weighted by atomic mass is 9.81. The van der Waals surface area contributed by atoms with Crippen LogP contribution in [0.2, 0.25) is 0 Å². The van der Waals surface area contributed by atoms with E-state index in [1.54, 1.807) is 24.3 Å². The summed E-state index contributed by atoms with van der Waals surface area (Å²) in [6.45, 7) is 9.08. The molecule has 2 aromatic carbocycles. The van der Waals surface area contributed by atoms with E-state index >= 15 is 0 Å². The molecule has 2 aliphatic heterocycles. The summed E-state index contributed by atoms with van der Waals surface area (Å²) < 4.78 is 69.3. The highest BCUT2D eigenvalue weighted by Crippen LogP contribution is 2.49. The van der Waals surface area contributed by atoms with Crippen molar-refractivity contribution in [2.24, 2.45) is 0 Å². The minimum Gasteiger partial charge on any atom is -0.345 e. The van der Waals surface area contributed by atoms with Gasteiger partial charge in [-0.25, -0.2) is 0 Å². The first-order chi connectivity index (χ1) is 24.4. The molecular formula is C40H48N3O7S2+. The maximum Gasteiger partial charge on any atom is 0.294 e. The molecule has 3 aliphatic rings. The largest absolute Gasteiger partial charge is 0.345 e. The first-order valence-electron chi connectivity index (χ1n) is 17.5. The first-order valence-corrected chi connectivity index (χ1v) is 20.4. The zero-order chi connectivity index (χ0) is 38.1. The molecule has 0 bridgehead atoms. The summed E-state index contributed by atoms with van der Waals surface area (Å²) >= 11 is 0. The van der Waals surface area contributed by atoms with E-state index in [1.807, 2.05) is 20.9 Å². The number of terminal acetylenes is 1. The summed E-state index contributed by atoms with van der Waals surface area (Å²) in [6, 6.07) is 9.45. The summed E-state index contributed by atoms with van der Waals surface area (Å²) in [4.78, 5) is 13.9. The number of nitrogens with one attached hydrogen (secondary N) is 1. The summed E-state index contributed by atoms with van der Waals surface area (Å²) in [5.41, 5.74) is 6.72. The van der Waals surface area contributed by atoms with Crippen molar-refractivity contribution in [3.63, 3.8) is 0 Å². The molecule has 0 radical (unpaired) electrons. The van der Waals surface area contributed by atoms with Crippen molar-refractivity contribution >= 4 is 43.2 Å². The Labute approximate surface area is 308 Å². The lowest BCUT2D eigenvalue weighted by molar-refractivity contribution is -0.401. The van der Waals surface area contributed by atoms with E-state index in [1.165, 1.54) is 12.1 Å². The second-order valence-electron chi connectivity index (χ2n) is 14.6. The standard InChI is InChI=1S/C40H47N3O7S2/c1-7-23-41-38(44)14-9-8-10-24-43-35-20-18-31(52(48,49)50)27-33(35)40(4,5)37(43)22-16-29-13-11-12-28(25-29)15-21-36-39(2,3)32-26-30(51(45,46)47)17-19-34(32)42(36)6/h1,15-22,25-27H,8-14,23-24H2,2-6H3,(H2-,41,44,45,46,47,48,49,50)/p+1. The van der Waals surface area contributed by atoms with Crippen LogP contribution in [0.4, 0.5) is 11.4 Å². The highest BCUT2D eigenvalue weighted by Gasteiger charge is 2.44. The molecule has 12 heteroatoms. The Bertz CT molecular complexity index is 2200. The van der Waals surface area contributed by atoms with Crippen molar-refractivity contribution in [3.05, 3.63) is 94.7 Å². The SMILES string of the molecule is C#CCNC(=O)CCCCCN1/C(=C/C=C2C=C(/C=C/C3=[N+](C)c4ccc(S(=O)(=O)O)cc4C3(C)C)CCC\2)C(C)(C)c2cc(S(=O)(=O)O)ccc21. The number of benzene rings is 2. The average molecular weight is 747 g/mol. The Morgan fingerprint density at radius 1 is 0.923 bits per heavy atom. The zero-order valence-electron chi connectivity index (χ0n) is 30.4. The van der Waals surface area contributed by atoms with Crippen LogP contribution in [-0.2, 0) is 35.9 Å². The smallest absolute Gasteiger partial charge is 0.294 e. The molecule has 0 aromatic heterocycles. The number of hydrogen-bond donors (Lipinski definition) is 3. The van der Waals surface area contributed by atoms with Gasteiger partial charge in [-0.15, -0.1) is 6.42 Å². The highest BCUT2D eigenvalue weighted by molar-refractivity contribution is 7.86. The van der Waals surface area contributed by atoms with E-state index in [2.05, 4.69) is 64.9 Å². The molecule has 0 atom stereocenters. The highest BCUT2D eigenvalue weighted by atomic mass is 32.2. The lowest BCUT2D eigenvalue weighted by Gasteiger charge is -2.27. The number of amides is 1. The van der Waals surface area contributed by atoms with Crippen molar-refractivity contribution < 1.29 is 35.3 Å². The van der Waals surface area contributed by atoms with Gasteiger partial charge in [-0.3, -0.25) is 13.9 Å². The van der Waals surface area contributed by atoms with Crippen LogP contribution in [0.5, 0.6) is 0 Å². The van der Waals surface area contributed by atoms with E-state index < -0.39 is 31.1 Å². The molecule has 1 amide bonds. The topological polar surface area (TPSA) is 144 Å². The maximum atomic E-state index is 12.1. The molecule has 2 aromatic rings. The van der Waals surface area contributed by atoms with Crippen LogP contribution < -0.4 is 10.2 Å². The summed E-state index contributed by atoms with van der Waals surface area (Å²) in [5, 5.41) is 2.69. The van der Waals surface area contributed by atoms with Crippen molar-refractivity contribution in [1.29, 1.82) is 0 Å². The number of carbonyl (C=O) groups excluding carboxylic acids is 1. The normalized spacial score (nSPS) is 19.6. The second-order valence-corrected chi connectivity index (χ2v) is 17.5. The van der Waals surface area contributed by atoms with Gasteiger partial charge in [-0.05, 0) is 99.1 Å². The number of nitrogens with zero attached hydrogens (tertiary/aromatic N) is 2. The van der Waals surface area contributed by atoms with Crippen LogP contribution in [0.25, 0.3) is 0 Å². The minimum absolute atomic E-state index is 0.0674. The van der Waals surface area contributed by atoms with Gasteiger partial charge < -0.3 is 10.2 Å². The minimum atomic E-state index is -4.38. The fraction of sp³-hybridized carbons (Fsp3) is 0.400. The Balaban J connectivity index is 1.40. The maximum absolute atomic E-state index is 12.1. The van der Waals surface area contributed by atoms with Gasteiger partial charge in [0.25, 0.3) is 20.2 Å². The van der Waals surface area contributed by atoms with Gasteiger partial charge in [0.05, 0.1) is 21.8 Å². The molecule has 52 heavy (non-hydrogen) atoms. The van der Waals surface area contributed by atoms with E-state index in [0.717, 1.165) is 83.6 Å². The third-order valence-corrected chi connectivity index (χ3v) is 12.0. The summed E-state index contributed by atoms with van der Waals surface area (Å²) in [7, 11) is -6.75. The van der Waals surface area contributed by atoms with Gasteiger partial charge in [-0.2, -0.15) is 21.4 Å². The first kappa shape index (κ1) is 38.9. The third-order valence-electron chi connectivity index (χ3n) is 10.3. The molecule has 0 unspecified atom stereocenters. The number of allylic oxidation sites excluding steroid dienone is 8. The van der Waals surface area contributed by atoms with E-state index in [-0.39, 0.29) is 22.2 Å². The number of hydrogen-bond acceptors (Lipinski definition) is 6. The quantitative estimate of drug-likeness (QED) is 0.0935. The number of rotatable bonds is 12. The van der Waals surface area contributed by atoms with Crippen molar-refractivity contribution in [2.75, 3.05) is 25.0 Å². The van der Waals surface area contributed by atoms with Crippen molar-refractivity contribution in [3.8, 4) is 12.3 Å². The Morgan fingerprint density at radius 3 is 2.27 bits per heavy atom. The van der Waals surface area contributed by atoms with Gasteiger partial charge in [0, 0.05) is 47.5 Å². The predicted octanol–water partition coefficient (Wildman–Crippen LogP) is 6.77. The molecule has 5 rings (SSSR count). The second kappa shape index (κ2) is 15.0. The summed E-state index contributed by atoms with van der Waals surface area (Å²) in [5.74, 6) is 2.34. The van der Waals surface area contributed by atoms with Crippen LogP contribution in [0.1, 0.15) is 83.8 Å². The fourth-order valence-corrected chi connectivity index (χ4v) is 8.53. The van der Waals surface area contributed by atoms with Gasteiger partial charge >= 0.3 is 0 Å². The third kappa shape index (κ3) is 8.18. The van der Waals surface area contributed by atoms with Gasteiger partial charge in [0.15, 0.2) is 5.71 Å². The number of anilines is 1. The zero-order valence-corrected chi connectivity index (χ0v) is 32.1. The number of unbranched alkanes of at least 4 members (excludes halogenated alkanes) is 2. The molecule has 1 aliphatic carbocycles. The summed E-state index contributed by atoms with van der Waals surface area (Å²) in [6.07, 6.45) is 21.4. The molecule has 3 N–H and O–H groups in total. The van der Waals surface area contributed by atoms with Gasteiger partial charge in [0.1, 0.15) is 7.05 Å². The molecule has 0 saturated heterocycles. The Hall–Kier alpha value is -4.28. The van der Waals surface area contributed by atoms with Crippen molar-refractivity contribution in [2.45, 2.75) is 93.3 Å². The molecule has 0 saturated carbocycles. The Kier molecular flexibility index (Phi) is 11.2. The monoisotopic (exact) mass is 746 g/mol.